The SMILES string of the molecule is O=C1CC(c2ccc(F)cc2)NC(=O)N1. The Morgan fingerprint density at radius 3 is 2.47 bits per heavy atom. The number of hydrogen-bond acceptors (Lipinski definition) is 2. The molecule has 15 heavy (non-hydrogen) atoms. The topological polar surface area (TPSA) is 58.2 Å². The van der Waals surface area contributed by atoms with Crippen molar-refractivity contribution in [3.8, 4) is 0 Å². The maximum Gasteiger partial charge on any atom is 0.321 e. The predicted octanol–water partition coefficient (Wildman–Crippen LogP) is 1.10. The third kappa shape index (κ3) is 2.12. The summed E-state index contributed by atoms with van der Waals surface area (Å²) in [6.07, 6.45) is 0.178. The number of amides is 3. The van der Waals surface area contributed by atoms with Crippen LogP contribution in [0, 0.1) is 5.82 Å². The summed E-state index contributed by atoms with van der Waals surface area (Å²) >= 11 is 0. The third-order valence-corrected chi connectivity index (χ3v) is 2.22. The van der Waals surface area contributed by atoms with Gasteiger partial charge in [-0.25, -0.2) is 9.18 Å². The van der Waals surface area contributed by atoms with E-state index >= 15 is 0 Å². The van der Waals surface area contributed by atoms with E-state index in [1.54, 1.807) is 12.1 Å². The number of urea groups is 1. The van der Waals surface area contributed by atoms with Gasteiger partial charge in [0.25, 0.3) is 0 Å². The molecule has 1 aromatic carbocycles. The second-order valence-corrected chi connectivity index (χ2v) is 3.33. The molecule has 0 spiro atoms. The van der Waals surface area contributed by atoms with E-state index in [2.05, 4.69) is 10.6 Å². The van der Waals surface area contributed by atoms with Crippen LogP contribution in [-0.4, -0.2) is 11.9 Å². The van der Waals surface area contributed by atoms with E-state index < -0.39 is 6.03 Å². The van der Waals surface area contributed by atoms with Crippen LogP contribution >= 0.6 is 0 Å². The van der Waals surface area contributed by atoms with Gasteiger partial charge in [-0.15, -0.1) is 0 Å². The number of halogens is 1. The minimum atomic E-state index is -0.513. The average Bonchev–Trinajstić information content (AvgIpc) is 2.17. The fraction of sp³-hybridized carbons (Fsp3) is 0.200. The summed E-state index contributed by atoms with van der Waals surface area (Å²) < 4.78 is 12.6. The summed E-state index contributed by atoms with van der Waals surface area (Å²) in [6, 6.07) is 4.83. The minimum Gasteiger partial charge on any atom is -0.330 e. The molecule has 5 heteroatoms. The van der Waals surface area contributed by atoms with Crippen LogP contribution in [0.3, 0.4) is 0 Å². The molecule has 0 aromatic heterocycles. The molecule has 1 fully saturated rings. The highest BCUT2D eigenvalue weighted by Gasteiger charge is 2.24. The van der Waals surface area contributed by atoms with Crippen LogP contribution in [0.2, 0.25) is 0 Å². The van der Waals surface area contributed by atoms with Crippen molar-refractivity contribution < 1.29 is 14.0 Å². The maximum atomic E-state index is 12.6. The minimum absolute atomic E-state index is 0.178. The van der Waals surface area contributed by atoms with Crippen molar-refractivity contribution in [2.45, 2.75) is 12.5 Å². The van der Waals surface area contributed by atoms with Gasteiger partial charge in [0.1, 0.15) is 5.82 Å². The van der Waals surface area contributed by atoms with Crippen LogP contribution in [0.5, 0.6) is 0 Å². The summed E-state index contributed by atoms with van der Waals surface area (Å²) in [6.45, 7) is 0. The van der Waals surface area contributed by atoms with Gasteiger partial charge in [0.2, 0.25) is 5.91 Å². The second-order valence-electron chi connectivity index (χ2n) is 3.33. The van der Waals surface area contributed by atoms with Crippen molar-refractivity contribution in [3.05, 3.63) is 35.6 Å². The lowest BCUT2D eigenvalue weighted by Crippen LogP contribution is -2.48. The Kier molecular flexibility index (Phi) is 2.37. The molecule has 1 aromatic rings. The fourth-order valence-electron chi connectivity index (χ4n) is 1.50. The Labute approximate surface area is 85.5 Å². The zero-order valence-electron chi connectivity index (χ0n) is 7.79. The molecule has 1 aliphatic heterocycles. The Hall–Kier alpha value is -1.91. The van der Waals surface area contributed by atoms with Gasteiger partial charge in [0.05, 0.1) is 12.5 Å². The molecule has 2 rings (SSSR count). The van der Waals surface area contributed by atoms with E-state index in [1.165, 1.54) is 12.1 Å². The van der Waals surface area contributed by atoms with E-state index in [9.17, 15) is 14.0 Å². The Morgan fingerprint density at radius 2 is 1.87 bits per heavy atom. The van der Waals surface area contributed by atoms with Gasteiger partial charge < -0.3 is 5.32 Å². The highest BCUT2D eigenvalue weighted by atomic mass is 19.1. The number of carbonyl (C=O) groups is 2. The smallest absolute Gasteiger partial charge is 0.321 e. The molecule has 1 heterocycles. The van der Waals surface area contributed by atoms with Gasteiger partial charge in [0, 0.05) is 0 Å². The van der Waals surface area contributed by atoms with Gasteiger partial charge in [-0.1, -0.05) is 12.1 Å². The number of nitrogens with one attached hydrogen (secondary N) is 2. The van der Waals surface area contributed by atoms with E-state index in [-0.39, 0.29) is 24.2 Å². The molecule has 1 unspecified atom stereocenters. The lowest BCUT2D eigenvalue weighted by atomic mass is 10.0. The zero-order valence-corrected chi connectivity index (χ0v) is 7.79. The lowest BCUT2D eigenvalue weighted by Gasteiger charge is -2.23. The predicted molar refractivity (Wildman–Crippen MR) is 50.4 cm³/mol. The van der Waals surface area contributed by atoms with E-state index in [1.807, 2.05) is 0 Å². The fourth-order valence-corrected chi connectivity index (χ4v) is 1.50. The molecule has 2 N–H and O–H groups in total. The molecular weight excluding hydrogens is 199 g/mol. The normalized spacial score (nSPS) is 20.7. The molecule has 4 nitrogen and oxygen atoms in total. The van der Waals surface area contributed by atoms with Crippen LogP contribution < -0.4 is 10.6 Å². The summed E-state index contributed by atoms with van der Waals surface area (Å²) in [5.41, 5.74) is 0.722. The van der Waals surface area contributed by atoms with Crippen molar-refractivity contribution in [2.75, 3.05) is 0 Å². The molecule has 3 amide bonds. The summed E-state index contributed by atoms with van der Waals surface area (Å²) in [5, 5.41) is 4.72. The molecule has 0 aliphatic carbocycles. The third-order valence-electron chi connectivity index (χ3n) is 2.22. The Bertz CT molecular complexity index is 386. The van der Waals surface area contributed by atoms with Gasteiger partial charge in [-0.2, -0.15) is 0 Å². The Morgan fingerprint density at radius 1 is 1.20 bits per heavy atom. The van der Waals surface area contributed by atoms with Crippen LogP contribution in [0.25, 0.3) is 0 Å². The van der Waals surface area contributed by atoms with Crippen LogP contribution in [-0.2, 0) is 4.79 Å². The number of rotatable bonds is 1. The first-order valence-electron chi connectivity index (χ1n) is 4.51. The van der Waals surface area contributed by atoms with Crippen LogP contribution in [0.1, 0.15) is 18.0 Å². The number of benzene rings is 1. The summed E-state index contributed by atoms with van der Waals surface area (Å²) in [5.74, 6) is -0.668. The number of hydrogen-bond donors (Lipinski definition) is 2. The molecule has 0 radical (unpaired) electrons. The lowest BCUT2D eigenvalue weighted by molar-refractivity contribution is -0.121. The Balaban J connectivity index is 2.19. The van der Waals surface area contributed by atoms with Gasteiger partial charge in [-0.05, 0) is 17.7 Å². The highest BCUT2D eigenvalue weighted by molar-refractivity contribution is 5.97. The largest absolute Gasteiger partial charge is 0.330 e. The molecule has 1 atom stereocenters. The van der Waals surface area contributed by atoms with Crippen LogP contribution in [0.4, 0.5) is 9.18 Å². The van der Waals surface area contributed by atoms with Gasteiger partial charge >= 0.3 is 6.03 Å². The average molecular weight is 208 g/mol. The summed E-state index contributed by atoms with van der Waals surface area (Å²) in [4.78, 5) is 22.1. The van der Waals surface area contributed by atoms with E-state index in [4.69, 9.17) is 0 Å². The van der Waals surface area contributed by atoms with Crippen molar-refractivity contribution in [2.24, 2.45) is 0 Å². The molecule has 0 saturated carbocycles. The zero-order chi connectivity index (χ0) is 10.8. The first-order chi connectivity index (χ1) is 7.15. The van der Waals surface area contributed by atoms with Crippen molar-refractivity contribution in [1.29, 1.82) is 0 Å². The first kappa shape index (κ1) is 9.64. The molecule has 1 saturated heterocycles. The van der Waals surface area contributed by atoms with Crippen molar-refractivity contribution >= 4 is 11.9 Å². The summed E-state index contributed by atoms with van der Waals surface area (Å²) in [7, 11) is 0. The quantitative estimate of drug-likeness (QED) is 0.726. The van der Waals surface area contributed by atoms with E-state index in [0.717, 1.165) is 5.56 Å². The molecule has 78 valence electrons. The van der Waals surface area contributed by atoms with E-state index in [0.29, 0.717) is 0 Å². The van der Waals surface area contributed by atoms with Crippen molar-refractivity contribution in [3.63, 3.8) is 0 Å². The van der Waals surface area contributed by atoms with Gasteiger partial charge in [0.15, 0.2) is 0 Å². The number of imide groups is 1. The standard InChI is InChI=1S/C10H9FN2O2/c11-7-3-1-6(2-4-7)8-5-9(14)13-10(15)12-8/h1-4,8H,5H2,(H2,12,13,14,15). The van der Waals surface area contributed by atoms with Crippen LogP contribution in [0.15, 0.2) is 24.3 Å². The molecule has 1 aliphatic rings. The molecular formula is C10H9FN2O2. The van der Waals surface area contributed by atoms with Crippen molar-refractivity contribution in [1.82, 2.24) is 10.6 Å². The van der Waals surface area contributed by atoms with Gasteiger partial charge in [-0.3, -0.25) is 10.1 Å². The first-order valence-corrected chi connectivity index (χ1v) is 4.51. The number of carbonyl (C=O) groups excluding carboxylic acids is 2. The maximum absolute atomic E-state index is 12.6. The monoisotopic (exact) mass is 208 g/mol. The second kappa shape index (κ2) is 3.68. The molecule has 0 bridgehead atoms. The highest BCUT2D eigenvalue weighted by Crippen LogP contribution is 2.18.